The molecule has 7 aromatic carbocycles. The Bertz CT molecular complexity index is 3260. The molecule has 11 rings (SSSR count). The van der Waals surface area contributed by atoms with Crippen LogP contribution in [0.4, 0.5) is 0 Å². The largest absolute Gasteiger partial charge is 0.456 e. The molecule has 0 N–H and O–H groups in total. The number of rotatable bonds is 2. The van der Waals surface area contributed by atoms with Crippen LogP contribution in [-0.4, -0.2) is 0 Å². The maximum absolute atomic E-state index is 14.5. The second kappa shape index (κ2) is 10.5. The fourth-order valence-electron chi connectivity index (χ4n) is 9.58. The van der Waals surface area contributed by atoms with E-state index in [1.54, 1.807) is 12.1 Å². The Kier molecular flexibility index (Phi) is 6.06. The van der Waals surface area contributed by atoms with Crippen LogP contribution in [0.2, 0.25) is 0 Å². The van der Waals surface area contributed by atoms with Crippen molar-refractivity contribution in [2.75, 3.05) is 0 Å². The summed E-state index contributed by atoms with van der Waals surface area (Å²) in [6.45, 7) is 9.06. The SMILES string of the molecule is CC1(C)c2ccccc2-c2c(-c3ccc4oc5c(ccc6oc7ccc(-c8cccc9c8-c8ccccc8C9(C)C)cc7c(=O)c65)c(=O)c4c3)cccc21. The molecule has 0 spiro atoms. The zero-order valence-corrected chi connectivity index (χ0v) is 30.3. The van der Waals surface area contributed by atoms with E-state index in [2.05, 4.69) is 113 Å². The van der Waals surface area contributed by atoms with Gasteiger partial charge in [0.15, 0.2) is 5.58 Å². The van der Waals surface area contributed by atoms with Gasteiger partial charge in [0.2, 0.25) is 10.9 Å². The summed E-state index contributed by atoms with van der Waals surface area (Å²) in [5.74, 6) is 0. The lowest BCUT2D eigenvalue weighted by Gasteiger charge is -2.21. The Hall–Kier alpha value is -6.52. The minimum atomic E-state index is -0.229. The molecular weight excluding hydrogens is 665 g/mol. The van der Waals surface area contributed by atoms with Crippen molar-refractivity contribution in [3.63, 3.8) is 0 Å². The van der Waals surface area contributed by atoms with Gasteiger partial charge in [-0.2, -0.15) is 0 Å². The molecule has 2 aromatic heterocycles. The molecule has 0 bridgehead atoms. The lowest BCUT2D eigenvalue weighted by Crippen LogP contribution is -2.14. The summed E-state index contributed by atoms with van der Waals surface area (Å²) in [6.07, 6.45) is 0. The number of benzene rings is 7. The highest BCUT2D eigenvalue weighted by atomic mass is 16.3. The summed E-state index contributed by atoms with van der Waals surface area (Å²) in [7, 11) is 0. The quantitative estimate of drug-likeness (QED) is 0.133. The maximum atomic E-state index is 14.5. The van der Waals surface area contributed by atoms with Gasteiger partial charge in [-0.15, -0.1) is 0 Å². The van der Waals surface area contributed by atoms with E-state index >= 15 is 0 Å². The summed E-state index contributed by atoms with van der Waals surface area (Å²) >= 11 is 0. The highest BCUT2D eigenvalue weighted by Crippen LogP contribution is 2.53. The van der Waals surface area contributed by atoms with Crippen LogP contribution in [0, 0.1) is 0 Å². The first-order valence-corrected chi connectivity index (χ1v) is 18.5. The highest BCUT2D eigenvalue weighted by Gasteiger charge is 2.38. The molecule has 2 aliphatic rings. The second-order valence-corrected chi connectivity index (χ2v) is 15.9. The molecular formula is C50H34O4. The van der Waals surface area contributed by atoms with Crippen molar-refractivity contribution in [2.45, 2.75) is 38.5 Å². The smallest absolute Gasteiger partial charge is 0.204 e. The standard InChI is InChI=1S/C50H34O4/c1-49(2)36-15-7-5-11-31(36)43-29(13-9-17-38(43)49)27-20-23-41-34(25-27)46(51)33-21-24-42-45(48(33)54-41)47(52)35-26-28(19-22-40(35)53-42)30-14-10-18-39-44(30)32-12-6-8-16-37(32)50(39,3)4/h5-26H,1-4H3. The maximum Gasteiger partial charge on any atom is 0.204 e. The van der Waals surface area contributed by atoms with E-state index in [-0.39, 0.29) is 32.7 Å². The summed E-state index contributed by atoms with van der Waals surface area (Å²) in [4.78, 5) is 28.9. The zero-order valence-electron chi connectivity index (χ0n) is 30.3. The van der Waals surface area contributed by atoms with Crippen molar-refractivity contribution < 1.29 is 8.83 Å². The van der Waals surface area contributed by atoms with Crippen molar-refractivity contribution in [1.82, 2.24) is 0 Å². The average Bonchev–Trinajstić information content (AvgIpc) is 3.57. The third-order valence-electron chi connectivity index (χ3n) is 12.3. The van der Waals surface area contributed by atoms with Gasteiger partial charge in [0.1, 0.15) is 22.1 Å². The van der Waals surface area contributed by atoms with Gasteiger partial charge in [-0.05, 0) is 103 Å². The van der Waals surface area contributed by atoms with Gasteiger partial charge in [0.05, 0.1) is 16.2 Å². The van der Waals surface area contributed by atoms with Crippen LogP contribution in [-0.2, 0) is 10.8 Å². The first-order valence-electron chi connectivity index (χ1n) is 18.5. The van der Waals surface area contributed by atoms with E-state index in [0.717, 1.165) is 22.3 Å². The molecule has 0 atom stereocenters. The van der Waals surface area contributed by atoms with Crippen LogP contribution in [0.15, 0.2) is 152 Å². The van der Waals surface area contributed by atoms with Crippen molar-refractivity contribution in [3.8, 4) is 44.5 Å². The molecule has 9 aromatic rings. The Labute approximate surface area is 310 Å². The van der Waals surface area contributed by atoms with Crippen molar-refractivity contribution in [1.29, 1.82) is 0 Å². The number of hydrogen-bond donors (Lipinski definition) is 0. The molecule has 0 saturated heterocycles. The van der Waals surface area contributed by atoms with Crippen LogP contribution in [0.3, 0.4) is 0 Å². The summed E-state index contributed by atoms with van der Waals surface area (Å²) in [6, 6.07) is 45.0. The van der Waals surface area contributed by atoms with E-state index in [1.807, 2.05) is 36.4 Å². The lowest BCUT2D eigenvalue weighted by atomic mass is 9.82. The first kappa shape index (κ1) is 31.0. The van der Waals surface area contributed by atoms with Gasteiger partial charge in [-0.1, -0.05) is 125 Å². The van der Waals surface area contributed by atoms with Crippen LogP contribution < -0.4 is 10.9 Å². The third-order valence-corrected chi connectivity index (χ3v) is 12.3. The normalized spacial score (nSPS) is 14.7. The topological polar surface area (TPSA) is 60.4 Å². The average molecular weight is 699 g/mol. The van der Waals surface area contributed by atoms with Gasteiger partial charge in [0.25, 0.3) is 0 Å². The molecule has 0 amide bonds. The van der Waals surface area contributed by atoms with Crippen molar-refractivity contribution in [2.24, 2.45) is 0 Å². The molecule has 0 saturated carbocycles. The third kappa shape index (κ3) is 3.97. The van der Waals surface area contributed by atoms with Crippen molar-refractivity contribution in [3.05, 3.63) is 176 Å². The van der Waals surface area contributed by atoms with E-state index in [0.29, 0.717) is 32.9 Å². The Morgan fingerprint density at radius 2 is 0.870 bits per heavy atom. The fraction of sp³-hybridized carbons (Fsp3) is 0.120. The van der Waals surface area contributed by atoms with E-state index < -0.39 is 0 Å². The minimum Gasteiger partial charge on any atom is -0.456 e. The van der Waals surface area contributed by atoms with Crippen molar-refractivity contribution >= 4 is 43.9 Å². The predicted octanol–water partition coefficient (Wildman–Crippen LogP) is 12.2. The number of fused-ring (bicyclic) bond motifs is 11. The molecule has 0 fully saturated rings. The van der Waals surface area contributed by atoms with Crippen LogP contribution in [0.5, 0.6) is 0 Å². The van der Waals surface area contributed by atoms with Crippen LogP contribution >= 0.6 is 0 Å². The monoisotopic (exact) mass is 698 g/mol. The molecule has 4 heteroatoms. The molecule has 2 aliphatic carbocycles. The minimum absolute atomic E-state index is 0.134. The highest BCUT2D eigenvalue weighted by molar-refractivity contribution is 6.08. The Morgan fingerprint density at radius 1 is 0.407 bits per heavy atom. The molecule has 4 nitrogen and oxygen atoms in total. The molecule has 0 unspecified atom stereocenters. The van der Waals surface area contributed by atoms with Crippen LogP contribution in [0.25, 0.3) is 88.4 Å². The Morgan fingerprint density at radius 3 is 1.44 bits per heavy atom. The molecule has 0 aliphatic heterocycles. The van der Waals surface area contributed by atoms with Gasteiger partial charge in [-0.25, -0.2) is 0 Å². The van der Waals surface area contributed by atoms with Gasteiger partial charge < -0.3 is 8.83 Å². The van der Waals surface area contributed by atoms with Crippen LogP contribution in [0.1, 0.15) is 49.9 Å². The molecule has 54 heavy (non-hydrogen) atoms. The molecule has 0 radical (unpaired) electrons. The zero-order chi connectivity index (χ0) is 36.7. The predicted molar refractivity (Wildman–Crippen MR) is 220 cm³/mol. The van der Waals surface area contributed by atoms with E-state index in [9.17, 15) is 9.59 Å². The lowest BCUT2D eigenvalue weighted by molar-refractivity contribution is 0.649. The second-order valence-electron chi connectivity index (χ2n) is 15.9. The summed E-state index contributed by atoms with van der Waals surface area (Å²) in [5, 5.41) is 1.52. The molecule has 2 heterocycles. The van der Waals surface area contributed by atoms with Gasteiger partial charge in [-0.3, -0.25) is 9.59 Å². The van der Waals surface area contributed by atoms with E-state index in [4.69, 9.17) is 8.83 Å². The van der Waals surface area contributed by atoms with Gasteiger partial charge in [0, 0.05) is 10.8 Å². The van der Waals surface area contributed by atoms with E-state index in [1.165, 1.54) is 44.5 Å². The summed E-state index contributed by atoms with van der Waals surface area (Å²) in [5.41, 5.74) is 14.8. The Balaban J connectivity index is 1.10. The fourth-order valence-corrected chi connectivity index (χ4v) is 9.58. The first-order chi connectivity index (χ1) is 26.1. The van der Waals surface area contributed by atoms with Gasteiger partial charge >= 0.3 is 0 Å². The number of hydrogen-bond acceptors (Lipinski definition) is 4. The summed E-state index contributed by atoms with van der Waals surface area (Å²) < 4.78 is 12.9. The molecule has 258 valence electrons.